The average Bonchev–Trinajstić information content (AvgIpc) is 3.05. The highest BCUT2D eigenvalue weighted by Gasteiger charge is 2.39. The Bertz CT molecular complexity index is 934. The molecule has 1 amide bonds. The molecule has 3 heterocycles. The fourth-order valence-corrected chi connectivity index (χ4v) is 4.98. The third-order valence-electron chi connectivity index (χ3n) is 6.11. The average molecular weight is 434 g/mol. The van der Waals surface area contributed by atoms with Crippen LogP contribution in [0.25, 0.3) is 11.0 Å². The summed E-state index contributed by atoms with van der Waals surface area (Å²) >= 11 is 0. The fourth-order valence-electron chi connectivity index (χ4n) is 4.98. The Morgan fingerprint density at radius 1 is 1.35 bits per heavy atom. The van der Waals surface area contributed by atoms with E-state index in [-0.39, 0.29) is 29.8 Å². The van der Waals surface area contributed by atoms with E-state index in [1.807, 2.05) is 25.7 Å². The van der Waals surface area contributed by atoms with E-state index in [0.29, 0.717) is 28.9 Å². The lowest BCUT2D eigenvalue weighted by atomic mass is 9.82. The molecule has 1 saturated heterocycles. The molecule has 6 nitrogen and oxygen atoms in total. The number of pyridine rings is 1. The predicted octanol–water partition coefficient (Wildman–Crippen LogP) is 4.77. The molecule has 4 unspecified atom stereocenters. The Balaban J connectivity index is 1.96. The van der Waals surface area contributed by atoms with Crippen molar-refractivity contribution in [3.05, 3.63) is 23.8 Å². The van der Waals surface area contributed by atoms with E-state index >= 15 is 4.39 Å². The number of fused-ring (bicyclic) bond motifs is 1. The van der Waals surface area contributed by atoms with Gasteiger partial charge in [0.1, 0.15) is 5.65 Å². The molecule has 1 aliphatic heterocycles. The van der Waals surface area contributed by atoms with Crippen LogP contribution >= 0.6 is 0 Å². The number of likely N-dealkylation sites (tertiary alicyclic amines) is 1. The van der Waals surface area contributed by atoms with Gasteiger partial charge in [-0.25, -0.2) is 9.37 Å². The Morgan fingerprint density at radius 2 is 2.03 bits per heavy atom. The van der Waals surface area contributed by atoms with Gasteiger partial charge in [0.15, 0.2) is 11.6 Å². The fraction of sp³-hybridized carbons (Fsp3) is 0.667. The van der Waals surface area contributed by atoms with Crippen LogP contribution in [0, 0.1) is 11.7 Å². The smallest absolute Gasteiger partial charge is 0.230 e. The second-order valence-corrected chi connectivity index (χ2v) is 10.1. The summed E-state index contributed by atoms with van der Waals surface area (Å²) in [5.41, 5.74) is 0.104. The number of ether oxygens (including phenoxy) is 1. The largest absolute Gasteiger partial charge is 0.486 e. The standard InChI is InChI=1S/C24H36FN3O3/c1-13(2)31-19-12-27-22-20(21(19)25)18(11-26-22)16(5)23(29)28-15(4)8-14(3)9-17(28)10-24(6,7)30/h11-17,30H,8-10H2,1-7H3,(H,26,27). The molecular weight excluding hydrogens is 397 g/mol. The second-order valence-electron chi connectivity index (χ2n) is 10.1. The van der Waals surface area contributed by atoms with E-state index in [0.717, 1.165) is 12.8 Å². The molecule has 0 aliphatic carbocycles. The number of rotatable bonds is 6. The molecule has 0 aromatic carbocycles. The van der Waals surface area contributed by atoms with Crippen molar-refractivity contribution in [3.8, 4) is 5.75 Å². The van der Waals surface area contributed by atoms with Gasteiger partial charge in [-0.1, -0.05) is 6.92 Å². The Hall–Kier alpha value is -2.15. The predicted molar refractivity (Wildman–Crippen MR) is 120 cm³/mol. The Morgan fingerprint density at radius 3 is 2.65 bits per heavy atom. The highest BCUT2D eigenvalue weighted by molar-refractivity contribution is 5.91. The molecule has 7 heteroatoms. The molecule has 3 rings (SSSR count). The van der Waals surface area contributed by atoms with Gasteiger partial charge in [0, 0.05) is 18.3 Å². The molecule has 0 bridgehead atoms. The Kier molecular flexibility index (Phi) is 6.65. The topological polar surface area (TPSA) is 78.5 Å². The number of halogens is 1. The van der Waals surface area contributed by atoms with Gasteiger partial charge in [0.25, 0.3) is 0 Å². The number of nitrogens with one attached hydrogen (secondary N) is 1. The van der Waals surface area contributed by atoms with Crippen molar-refractivity contribution in [1.82, 2.24) is 14.9 Å². The minimum Gasteiger partial charge on any atom is -0.486 e. The molecule has 1 fully saturated rings. The number of nitrogens with zero attached hydrogens (tertiary/aromatic N) is 2. The van der Waals surface area contributed by atoms with Crippen LogP contribution in [-0.4, -0.2) is 49.7 Å². The number of aromatic nitrogens is 2. The van der Waals surface area contributed by atoms with Gasteiger partial charge < -0.3 is 19.7 Å². The van der Waals surface area contributed by atoms with Crippen molar-refractivity contribution >= 4 is 16.9 Å². The molecule has 31 heavy (non-hydrogen) atoms. The van der Waals surface area contributed by atoms with Crippen LogP contribution in [0.2, 0.25) is 0 Å². The molecule has 2 aromatic rings. The van der Waals surface area contributed by atoms with E-state index in [9.17, 15) is 9.90 Å². The van der Waals surface area contributed by atoms with Gasteiger partial charge >= 0.3 is 0 Å². The summed E-state index contributed by atoms with van der Waals surface area (Å²) in [6, 6.07) is 0.000719. The molecule has 0 spiro atoms. The summed E-state index contributed by atoms with van der Waals surface area (Å²) in [5.74, 6) is -0.540. The van der Waals surface area contributed by atoms with Crippen molar-refractivity contribution in [2.24, 2.45) is 5.92 Å². The maximum absolute atomic E-state index is 15.3. The van der Waals surface area contributed by atoms with Crippen molar-refractivity contribution in [2.45, 2.75) is 97.4 Å². The van der Waals surface area contributed by atoms with Crippen LogP contribution in [0.4, 0.5) is 4.39 Å². The third-order valence-corrected chi connectivity index (χ3v) is 6.11. The first-order valence-electron chi connectivity index (χ1n) is 11.3. The monoisotopic (exact) mass is 433 g/mol. The van der Waals surface area contributed by atoms with Crippen LogP contribution in [-0.2, 0) is 4.79 Å². The lowest BCUT2D eigenvalue weighted by molar-refractivity contribution is -0.141. The normalized spacial score (nSPS) is 23.4. The third kappa shape index (κ3) is 5.03. The van der Waals surface area contributed by atoms with Crippen molar-refractivity contribution < 1.29 is 19.0 Å². The zero-order chi connectivity index (χ0) is 23.1. The number of carbonyl (C=O) groups is 1. The maximum atomic E-state index is 15.3. The molecule has 0 radical (unpaired) electrons. The van der Waals surface area contributed by atoms with E-state index in [1.54, 1.807) is 20.0 Å². The number of aliphatic hydroxyl groups is 1. The van der Waals surface area contributed by atoms with Crippen LogP contribution in [0.15, 0.2) is 12.4 Å². The maximum Gasteiger partial charge on any atom is 0.230 e. The molecule has 4 atom stereocenters. The minimum atomic E-state index is -0.872. The van der Waals surface area contributed by atoms with Gasteiger partial charge in [0.05, 0.1) is 29.2 Å². The van der Waals surface area contributed by atoms with Crippen molar-refractivity contribution in [2.75, 3.05) is 0 Å². The molecule has 2 N–H and O–H groups in total. The van der Waals surface area contributed by atoms with Gasteiger partial charge in [-0.15, -0.1) is 0 Å². The summed E-state index contributed by atoms with van der Waals surface area (Å²) in [6.07, 6.45) is 5.13. The number of carbonyl (C=O) groups excluding carboxylic acids is 1. The van der Waals surface area contributed by atoms with Gasteiger partial charge in [0.2, 0.25) is 5.91 Å². The van der Waals surface area contributed by atoms with Gasteiger partial charge in [-0.3, -0.25) is 4.79 Å². The number of hydrogen-bond donors (Lipinski definition) is 2. The van der Waals surface area contributed by atoms with Crippen LogP contribution in [0.3, 0.4) is 0 Å². The summed E-state index contributed by atoms with van der Waals surface area (Å²) < 4.78 is 20.8. The van der Waals surface area contributed by atoms with E-state index in [1.165, 1.54) is 6.20 Å². The van der Waals surface area contributed by atoms with Gasteiger partial charge in [-0.05, 0) is 72.3 Å². The first-order valence-corrected chi connectivity index (χ1v) is 11.3. The minimum absolute atomic E-state index is 0.0517. The SMILES string of the molecule is CC1CC(C)N(C(=O)C(C)c2c[nH]c3ncc(OC(C)C)c(F)c23)C(CC(C)(C)O)C1. The van der Waals surface area contributed by atoms with Crippen molar-refractivity contribution in [3.63, 3.8) is 0 Å². The van der Waals surface area contributed by atoms with Crippen LogP contribution in [0.1, 0.15) is 79.2 Å². The summed E-state index contributed by atoms with van der Waals surface area (Å²) in [6.45, 7) is 13.3. The number of piperidine rings is 1. The van der Waals surface area contributed by atoms with Gasteiger partial charge in [-0.2, -0.15) is 0 Å². The number of hydrogen-bond acceptors (Lipinski definition) is 4. The number of amides is 1. The summed E-state index contributed by atoms with van der Waals surface area (Å²) in [4.78, 5) is 22.9. The van der Waals surface area contributed by atoms with Crippen LogP contribution < -0.4 is 4.74 Å². The summed E-state index contributed by atoms with van der Waals surface area (Å²) in [7, 11) is 0. The number of aromatic amines is 1. The molecule has 172 valence electrons. The zero-order valence-electron chi connectivity index (χ0n) is 19.7. The quantitative estimate of drug-likeness (QED) is 0.688. The molecule has 0 saturated carbocycles. The zero-order valence-corrected chi connectivity index (χ0v) is 19.7. The van der Waals surface area contributed by atoms with E-state index < -0.39 is 17.3 Å². The molecule has 2 aromatic heterocycles. The highest BCUT2D eigenvalue weighted by Crippen LogP contribution is 2.37. The van der Waals surface area contributed by atoms with Crippen molar-refractivity contribution in [1.29, 1.82) is 0 Å². The number of H-pyrrole nitrogens is 1. The van der Waals surface area contributed by atoms with E-state index in [4.69, 9.17) is 4.74 Å². The molecular formula is C24H36FN3O3. The Labute approximate surface area is 184 Å². The highest BCUT2D eigenvalue weighted by atomic mass is 19.1. The first-order chi connectivity index (χ1) is 14.4. The molecule has 1 aliphatic rings. The van der Waals surface area contributed by atoms with Crippen LogP contribution in [0.5, 0.6) is 5.75 Å². The van der Waals surface area contributed by atoms with E-state index in [2.05, 4.69) is 23.8 Å². The second kappa shape index (κ2) is 8.77. The lowest BCUT2D eigenvalue weighted by Crippen LogP contribution is -2.53. The first kappa shape index (κ1) is 23.5. The lowest BCUT2D eigenvalue weighted by Gasteiger charge is -2.46. The summed E-state index contributed by atoms with van der Waals surface area (Å²) in [5, 5.41) is 10.7.